The molecule has 0 fully saturated rings. The number of hydrogen-bond donors (Lipinski definition) is 1. The summed E-state index contributed by atoms with van der Waals surface area (Å²) in [6, 6.07) is 0.339. The van der Waals surface area contributed by atoms with Crippen LogP contribution in [0.4, 0.5) is 0 Å². The zero-order chi connectivity index (χ0) is 11.5. The predicted molar refractivity (Wildman–Crippen MR) is 62.1 cm³/mol. The maximum Gasteiger partial charge on any atom is 0.138 e. The van der Waals surface area contributed by atoms with Crippen LogP contribution in [0.5, 0.6) is 0 Å². The first-order chi connectivity index (χ1) is 7.66. The van der Waals surface area contributed by atoms with Crippen molar-refractivity contribution in [2.24, 2.45) is 0 Å². The van der Waals surface area contributed by atoms with Gasteiger partial charge in [0.05, 0.1) is 6.10 Å². The Balaban J connectivity index is 2.11. The highest BCUT2D eigenvalue weighted by Gasteiger charge is 2.14. The van der Waals surface area contributed by atoms with Crippen molar-refractivity contribution in [2.75, 3.05) is 0 Å². The van der Waals surface area contributed by atoms with Crippen molar-refractivity contribution in [1.82, 2.24) is 14.8 Å². The lowest BCUT2D eigenvalue weighted by Crippen LogP contribution is -2.13. The van der Waals surface area contributed by atoms with E-state index in [2.05, 4.69) is 23.9 Å². The molecule has 1 aliphatic carbocycles. The van der Waals surface area contributed by atoms with Gasteiger partial charge in [0.2, 0.25) is 0 Å². The second-order valence-electron chi connectivity index (χ2n) is 4.68. The average molecular weight is 221 g/mol. The monoisotopic (exact) mass is 221 g/mol. The van der Waals surface area contributed by atoms with E-state index in [1.165, 1.54) is 5.57 Å². The molecule has 16 heavy (non-hydrogen) atoms. The number of aliphatic hydroxyl groups is 1. The molecule has 0 saturated carbocycles. The Kier molecular flexibility index (Phi) is 3.39. The van der Waals surface area contributed by atoms with E-state index in [1.807, 2.05) is 10.8 Å². The van der Waals surface area contributed by atoms with E-state index in [0.29, 0.717) is 6.04 Å². The molecule has 88 valence electrons. The quantitative estimate of drug-likeness (QED) is 0.793. The molecule has 1 heterocycles. The minimum absolute atomic E-state index is 0.265. The summed E-state index contributed by atoms with van der Waals surface area (Å²) >= 11 is 0. The Morgan fingerprint density at radius 3 is 3.06 bits per heavy atom. The Bertz CT molecular complexity index is 381. The summed E-state index contributed by atoms with van der Waals surface area (Å²) < 4.78 is 1.95. The van der Waals surface area contributed by atoms with Crippen LogP contribution in [-0.4, -0.2) is 26.0 Å². The fourth-order valence-corrected chi connectivity index (χ4v) is 2.16. The zero-order valence-electron chi connectivity index (χ0n) is 9.93. The fraction of sp³-hybridized carbons (Fsp3) is 0.667. The molecule has 0 aromatic carbocycles. The highest BCUT2D eigenvalue weighted by Crippen LogP contribution is 2.21. The molecule has 1 atom stereocenters. The minimum Gasteiger partial charge on any atom is -0.389 e. The third-order valence-electron chi connectivity index (χ3n) is 2.95. The summed E-state index contributed by atoms with van der Waals surface area (Å²) in [5, 5.41) is 13.8. The lowest BCUT2D eigenvalue weighted by atomic mass is 9.95. The van der Waals surface area contributed by atoms with Crippen molar-refractivity contribution >= 4 is 0 Å². The second-order valence-corrected chi connectivity index (χ2v) is 4.68. The third-order valence-corrected chi connectivity index (χ3v) is 2.95. The van der Waals surface area contributed by atoms with Gasteiger partial charge in [-0.15, -0.1) is 0 Å². The molecular formula is C12H19N3O. The molecule has 0 radical (unpaired) electrons. The number of allylic oxidation sites excluding steroid dienone is 1. The summed E-state index contributed by atoms with van der Waals surface area (Å²) in [4.78, 5) is 4.29. The van der Waals surface area contributed by atoms with E-state index in [1.54, 1.807) is 6.33 Å². The van der Waals surface area contributed by atoms with Gasteiger partial charge in [0.15, 0.2) is 0 Å². The van der Waals surface area contributed by atoms with Crippen molar-refractivity contribution in [2.45, 2.75) is 51.7 Å². The smallest absolute Gasteiger partial charge is 0.138 e. The lowest BCUT2D eigenvalue weighted by Gasteiger charge is -2.17. The van der Waals surface area contributed by atoms with Gasteiger partial charge in [0, 0.05) is 12.5 Å². The van der Waals surface area contributed by atoms with E-state index in [9.17, 15) is 5.11 Å². The molecule has 4 heteroatoms. The third kappa shape index (κ3) is 2.50. The van der Waals surface area contributed by atoms with E-state index < -0.39 is 0 Å². The topological polar surface area (TPSA) is 50.9 Å². The Morgan fingerprint density at radius 1 is 1.56 bits per heavy atom. The molecule has 0 amide bonds. The Hall–Kier alpha value is -1.16. The number of hydrogen-bond acceptors (Lipinski definition) is 3. The first-order valence-electron chi connectivity index (χ1n) is 5.93. The maximum atomic E-state index is 9.57. The molecule has 1 aromatic heterocycles. The number of rotatable bonds is 3. The number of aliphatic hydroxyl groups excluding tert-OH is 1. The summed E-state index contributed by atoms with van der Waals surface area (Å²) in [5.74, 6) is 0.996. The van der Waals surface area contributed by atoms with Gasteiger partial charge in [-0.25, -0.2) is 9.67 Å². The fourth-order valence-electron chi connectivity index (χ4n) is 2.16. The molecule has 2 rings (SSSR count). The van der Waals surface area contributed by atoms with E-state index in [-0.39, 0.29) is 6.10 Å². The van der Waals surface area contributed by atoms with Crippen LogP contribution in [0.25, 0.3) is 0 Å². The highest BCUT2D eigenvalue weighted by atomic mass is 16.3. The second kappa shape index (κ2) is 4.78. The van der Waals surface area contributed by atoms with Gasteiger partial charge in [0.1, 0.15) is 12.2 Å². The van der Waals surface area contributed by atoms with Gasteiger partial charge in [0.25, 0.3) is 0 Å². The summed E-state index contributed by atoms with van der Waals surface area (Å²) in [6.07, 6.45) is 7.16. The van der Waals surface area contributed by atoms with Crippen molar-refractivity contribution in [1.29, 1.82) is 0 Å². The van der Waals surface area contributed by atoms with Gasteiger partial charge < -0.3 is 5.11 Å². The Morgan fingerprint density at radius 2 is 2.38 bits per heavy atom. The van der Waals surface area contributed by atoms with Crippen molar-refractivity contribution in [3.05, 3.63) is 23.8 Å². The number of aromatic nitrogens is 3. The SMILES string of the molecule is CC(C)n1ncnc1CC1=CC(O)CCC1. The molecule has 0 bridgehead atoms. The molecule has 1 aromatic rings. The zero-order valence-corrected chi connectivity index (χ0v) is 9.93. The molecule has 1 unspecified atom stereocenters. The molecule has 4 nitrogen and oxygen atoms in total. The van der Waals surface area contributed by atoms with Crippen molar-refractivity contribution in [3.63, 3.8) is 0 Å². The summed E-state index contributed by atoms with van der Waals surface area (Å²) in [5.41, 5.74) is 1.29. The van der Waals surface area contributed by atoms with E-state index >= 15 is 0 Å². The molecule has 0 spiro atoms. The van der Waals surface area contributed by atoms with Crippen molar-refractivity contribution in [3.8, 4) is 0 Å². The average Bonchev–Trinajstić information content (AvgIpc) is 2.66. The summed E-state index contributed by atoms with van der Waals surface area (Å²) in [7, 11) is 0. The Labute approximate surface area is 96.0 Å². The molecule has 1 N–H and O–H groups in total. The minimum atomic E-state index is -0.265. The van der Waals surface area contributed by atoms with Crippen LogP contribution < -0.4 is 0 Å². The standard InChI is InChI=1S/C12H19N3O/c1-9(2)15-12(13-8-14-15)7-10-4-3-5-11(16)6-10/h6,8-9,11,16H,3-5,7H2,1-2H3. The van der Waals surface area contributed by atoms with Crippen LogP contribution in [0.3, 0.4) is 0 Å². The molecule has 1 aliphatic rings. The van der Waals surface area contributed by atoms with Crippen LogP contribution in [-0.2, 0) is 6.42 Å². The summed E-state index contributed by atoms with van der Waals surface area (Å²) in [6.45, 7) is 4.20. The van der Waals surface area contributed by atoms with Gasteiger partial charge in [-0.2, -0.15) is 5.10 Å². The van der Waals surface area contributed by atoms with E-state index in [4.69, 9.17) is 0 Å². The predicted octanol–water partition coefficient (Wildman–Crippen LogP) is 1.87. The van der Waals surface area contributed by atoms with Gasteiger partial charge in [-0.05, 0) is 33.1 Å². The van der Waals surface area contributed by atoms with Crippen molar-refractivity contribution < 1.29 is 5.11 Å². The van der Waals surface area contributed by atoms with Gasteiger partial charge >= 0.3 is 0 Å². The first-order valence-corrected chi connectivity index (χ1v) is 5.93. The maximum absolute atomic E-state index is 9.57. The molecule has 0 saturated heterocycles. The van der Waals surface area contributed by atoms with Gasteiger partial charge in [-0.1, -0.05) is 11.6 Å². The van der Waals surface area contributed by atoms with Gasteiger partial charge in [-0.3, -0.25) is 0 Å². The number of nitrogens with zero attached hydrogens (tertiary/aromatic N) is 3. The largest absolute Gasteiger partial charge is 0.389 e. The van der Waals surface area contributed by atoms with Crippen LogP contribution >= 0.6 is 0 Å². The van der Waals surface area contributed by atoms with E-state index in [0.717, 1.165) is 31.5 Å². The molecular weight excluding hydrogens is 202 g/mol. The lowest BCUT2D eigenvalue weighted by molar-refractivity contribution is 0.201. The van der Waals surface area contributed by atoms with Crippen LogP contribution in [0.2, 0.25) is 0 Å². The highest BCUT2D eigenvalue weighted by molar-refractivity contribution is 5.14. The van der Waals surface area contributed by atoms with Crippen LogP contribution in [0, 0.1) is 0 Å². The first kappa shape index (κ1) is 11.3. The van der Waals surface area contributed by atoms with Crippen LogP contribution in [0.1, 0.15) is 45.0 Å². The van der Waals surface area contributed by atoms with Crippen LogP contribution in [0.15, 0.2) is 18.0 Å². The normalized spacial score (nSPS) is 21.2. The molecule has 0 aliphatic heterocycles.